The summed E-state index contributed by atoms with van der Waals surface area (Å²) in [7, 11) is 0. The van der Waals surface area contributed by atoms with E-state index < -0.39 is 0 Å². The van der Waals surface area contributed by atoms with E-state index in [1.165, 1.54) is 0 Å². The van der Waals surface area contributed by atoms with Crippen LogP contribution in [-0.2, 0) is 0 Å². The standard InChI is InChI=1S/C10H17N3/c1-10(2,3)9(12)8-6-7(11)4-5-13-8/h4-6,9H,12H2,1-3H3,(H2,11,13)/t9-/m1/s1. The Kier molecular flexibility index (Phi) is 2.57. The molecule has 72 valence electrons. The van der Waals surface area contributed by atoms with E-state index in [-0.39, 0.29) is 11.5 Å². The summed E-state index contributed by atoms with van der Waals surface area (Å²) < 4.78 is 0. The van der Waals surface area contributed by atoms with Crippen LogP contribution in [0.2, 0.25) is 0 Å². The third-order valence-electron chi connectivity index (χ3n) is 2.06. The summed E-state index contributed by atoms with van der Waals surface area (Å²) in [6.07, 6.45) is 1.69. The molecule has 0 spiro atoms. The molecule has 0 saturated carbocycles. The molecule has 3 nitrogen and oxygen atoms in total. The summed E-state index contributed by atoms with van der Waals surface area (Å²) in [5.41, 5.74) is 13.2. The third-order valence-corrected chi connectivity index (χ3v) is 2.06. The van der Waals surface area contributed by atoms with Gasteiger partial charge in [0.15, 0.2) is 0 Å². The third kappa shape index (κ3) is 2.42. The highest BCUT2D eigenvalue weighted by Crippen LogP contribution is 2.29. The second kappa shape index (κ2) is 3.34. The van der Waals surface area contributed by atoms with Gasteiger partial charge in [-0.2, -0.15) is 0 Å². The number of nitrogens with zero attached hydrogens (tertiary/aromatic N) is 1. The summed E-state index contributed by atoms with van der Waals surface area (Å²) in [5.74, 6) is 0. The maximum atomic E-state index is 6.02. The van der Waals surface area contributed by atoms with Gasteiger partial charge in [0.25, 0.3) is 0 Å². The summed E-state index contributed by atoms with van der Waals surface area (Å²) in [5, 5.41) is 0. The normalized spacial score (nSPS) is 14.2. The first-order valence-corrected chi connectivity index (χ1v) is 4.38. The fraction of sp³-hybridized carbons (Fsp3) is 0.500. The van der Waals surface area contributed by atoms with Gasteiger partial charge in [-0.3, -0.25) is 4.98 Å². The Hall–Kier alpha value is -1.09. The van der Waals surface area contributed by atoms with Crippen LogP contribution < -0.4 is 11.5 Å². The number of rotatable bonds is 1. The number of hydrogen-bond donors (Lipinski definition) is 2. The molecule has 13 heavy (non-hydrogen) atoms. The van der Waals surface area contributed by atoms with Gasteiger partial charge in [-0.1, -0.05) is 20.8 Å². The maximum absolute atomic E-state index is 6.02. The van der Waals surface area contributed by atoms with Gasteiger partial charge >= 0.3 is 0 Å². The van der Waals surface area contributed by atoms with Gasteiger partial charge in [0.2, 0.25) is 0 Å². The molecule has 0 aliphatic heterocycles. The summed E-state index contributed by atoms with van der Waals surface area (Å²) >= 11 is 0. The Bertz CT molecular complexity index is 288. The van der Waals surface area contributed by atoms with Gasteiger partial charge in [-0.05, 0) is 17.5 Å². The van der Waals surface area contributed by atoms with Crippen LogP contribution in [0.3, 0.4) is 0 Å². The van der Waals surface area contributed by atoms with E-state index in [2.05, 4.69) is 25.8 Å². The molecule has 1 heterocycles. The summed E-state index contributed by atoms with van der Waals surface area (Å²) in [4.78, 5) is 4.20. The van der Waals surface area contributed by atoms with Crippen molar-refractivity contribution in [3.8, 4) is 0 Å². The van der Waals surface area contributed by atoms with Crippen molar-refractivity contribution in [2.45, 2.75) is 26.8 Å². The minimum absolute atomic E-state index is 0.0147. The molecule has 0 fully saturated rings. The van der Waals surface area contributed by atoms with Gasteiger partial charge in [0.1, 0.15) is 0 Å². The first-order valence-electron chi connectivity index (χ1n) is 4.38. The van der Waals surface area contributed by atoms with Crippen molar-refractivity contribution in [3.63, 3.8) is 0 Å². The largest absolute Gasteiger partial charge is 0.399 e. The molecule has 0 aliphatic carbocycles. The van der Waals surface area contributed by atoms with E-state index in [0.29, 0.717) is 5.69 Å². The average molecular weight is 179 g/mol. The van der Waals surface area contributed by atoms with Crippen LogP contribution >= 0.6 is 0 Å². The van der Waals surface area contributed by atoms with Gasteiger partial charge in [-0.25, -0.2) is 0 Å². The van der Waals surface area contributed by atoms with Crippen molar-refractivity contribution in [1.29, 1.82) is 0 Å². The number of nitrogens with two attached hydrogens (primary N) is 2. The van der Waals surface area contributed by atoms with Gasteiger partial charge in [0.05, 0.1) is 11.7 Å². The van der Waals surface area contributed by atoms with Crippen LogP contribution in [0.25, 0.3) is 0 Å². The Morgan fingerprint density at radius 2 is 2.00 bits per heavy atom. The minimum Gasteiger partial charge on any atom is -0.399 e. The number of anilines is 1. The highest BCUT2D eigenvalue weighted by molar-refractivity contribution is 5.38. The first kappa shape index (κ1) is 9.99. The second-order valence-corrected chi connectivity index (χ2v) is 4.36. The fourth-order valence-corrected chi connectivity index (χ4v) is 1.08. The monoisotopic (exact) mass is 179 g/mol. The molecule has 4 N–H and O–H groups in total. The number of aromatic nitrogens is 1. The van der Waals surface area contributed by atoms with Crippen LogP contribution in [-0.4, -0.2) is 4.98 Å². The van der Waals surface area contributed by atoms with Crippen LogP contribution in [0, 0.1) is 5.41 Å². The lowest BCUT2D eigenvalue weighted by Crippen LogP contribution is -2.27. The molecule has 1 aromatic heterocycles. The Morgan fingerprint density at radius 3 is 2.46 bits per heavy atom. The van der Waals surface area contributed by atoms with E-state index in [4.69, 9.17) is 11.5 Å². The number of hydrogen-bond acceptors (Lipinski definition) is 3. The van der Waals surface area contributed by atoms with Gasteiger partial charge in [-0.15, -0.1) is 0 Å². The van der Waals surface area contributed by atoms with Crippen LogP contribution in [0.15, 0.2) is 18.3 Å². The summed E-state index contributed by atoms with van der Waals surface area (Å²) in [6, 6.07) is 3.52. The average Bonchev–Trinajstić information content (AvgIpc) is 2.01. The molecule has 3 heteroatoms. The predicted molar refractivity (Wildman–Crippen MR) is 55.0 cm³/mol. The maximum Gasteiger partial charge on any atom is 0.0596 e. The van der Waals surface area contributed by atoms with Crippen molar-refractivity contribution in [3.05, 3.63) is 24.0 Å². The molecule has 0 bridgehead atoms. The molecule has 1 atom stereocenters. The predicted octanol–water partition coefficient (Wildman–Crippen LogP) is 1.71. The molecule has 1 rings (SSSR count). The quantitative estimate of drug-likeness (QED) is 0.689. The lowest BCUT2D eigenvalue weighted by molar-refractivity contribution is 0.321. The van der Waals surface area contributed by atoms with Crippen molar-refractivity contribution in [1.82, 2.24) is 4.98 Å². The van der Waals surface area contributed by atoms with Gasteiger partial charge < -0.3 is 11.5 Å². The van der Waals surface area contributed by atoms with E-state index in [0.717, 1.165) is 5.69 Å². The molecule has 0 unspecified atom stereocenters. The Morgan fingerprint density at radius 1 is 1.38 bits per heavy atom. The van der Waals surface area contributed by atoms with Crippen molar-refractivity contribution in [2.24, 2.45) is 11.1 Å². The zero-order valence-electron chi connectivity index (χ0n) is 8.41. The van der Waals surface area contributed by atoms with E-state index in [9.17, 15) is 0 Å². The molecule has 0 saturated heterocycles. The lowest BCUT2D eigenvalue weighted by atomic mass is 9.85. The zero-order valence-corrected chi connectivity index (χ0v) is 8.41. The zero-order chi connectivity index (χ0) is 10.1. The fourth-order valence-electron chi connectivity index (χ4n) is 1.08. The minimum atomic E-state index is -0.0731. The van der Waals surface area contributed by atoms with Gasteiger partial charge in [0, 0.05) is 11.9 Å². The van der Waals surface area contributed by atoms with E-state index >= 15 is 0 Å². The van der Waals surface area contributed by atoms with Crippen LogP contribution in [0.4, 0.5) is 5.69 Å². The molecule has 1 aromatic rings. The topological polar surface area (TPSA) is 64.9 Å². The Balaban J connectivity index is 2.96. The molecule has 0 amide bonds. The SMILES string of the molecule is CC(C)(C)[C@H](N)c1cc(N)ccn1. The molecular formula is C10H17N3. The molecule has 0 aromatic carbocycles. The first-order chi connectivity index (χ1) is 5.91. The molecular weight excluding hydrogens is 162 g/mol. The van der Waals surface area contributed by atoms with Crippen molar-refractivity contribution in [2.75, 3.05) is 5.73 Å². The van der Waals surface area contributed by atoms with E-state index in [1.54, 1.807) is 12.3 Å². The van der Waals surface area contributed by atoms with Crippen LogP contribution in [0.1, 0.15) is 32.5 Å². The molecule has 0 radical (unpaired) electrons. The van der Waals surface area contributed by atoms with E-state index in [1.807, 2.05) is 6.07 Å². The second-order valence-electron chi connectivity index (χ2n) is 4.36. The lowest BCUT2D eigenvalue weighted by Gasteiger charge is -2.26. The van der Waals surface area contributed by atoms with Crippen molar-refractivity contribution >= 4 is 5.69 Å². The van der Waals surface area contributed by atoms with Crippen LogP contribution in [0.5, 0.6) is 0 Å². The summed E-state index contributed by atoms with van der Waals surface area (Å²) in [6.45, 7) is 6.26. The number of pyridine rings is 1. The highest BCUT2D eigenvalue weighted by Gasteiger charge is 2.23. The molecule has 0 aliphatic rings. The highest BCUT2D eigenvalue weighted by atomic mass is 14.8. The number of nitrogen functional groups attached to an aromatic ring is 1. The Labute approximate surface area is 79.2 Å². The smallest absolute Gasteiger partial charge is 0.0596 e. The van der Waals surface area contributed by atoms with Crippen molar-refractivity contribution < 1.29 is 0 Å².